The first kappa shape index (κ1) is 21.0. The van der Waals surface area contributed by atoms with Crippen LogP contribution < -0.4 is 10.1 Å². The largest absolute Gasteiger partial charge is 0.495 e. The third kappa shape index (κ3) is 4.89. The minimum absolute atomic E-state index is 0.0424. The van der Waals surface area contributed by atoms with Crippen molar-refractivity contribution in [3.63, 3.8) is 0 Å². The van der Waals surface area contributed by atoms with Crippen molar-refractivity contribution in [3.8, 4) is 5.75 Å². The topological polar surface area (TPSA) is 75.7 Å². The SMILES string of the molecule is COc1ccc(Br)cc1S(=O)(=O)N(C)CC(=O)Nc1ccc(Cl)c(Cl)c1. The molecule has 0 aliphatic carbocycles. The zero-order valence-corrected chi connectivity index (χ0v) is 17.7. The molecule has 10 heteroatoms. The number of benzene rings is 2. The van der Waals surface area contributed by atoms with Crippen LogP contribution in [0.2, 0.25) is 10.0 Å². The van der Waals surface area contributed by atoms with E-state index in [1.807, 2.05) is 0 Å². The van der Waals surface area contributed by atoms with Crippen LogP contribution in [0.3, 0.4) is 0 Å². The third-order valence-corrected chi connectivity index (χ3v) is 6.44. The second kappa shape index (κ2) is 8.58. The Morgan fingerprint density at radius 3 is 2.50 bits per heavy atom. The number of methoxy groups -OCH3 is 1. The molecule has 6 nitrogen and oxygen atoms in total. The van der Waals surface area contributed by atoms with Gasteiger partial charge in [-0.15, -0.1) is 0 Å². The highest BCUT2D eigenvalue weighted by molar-refractivity contribution is 9.10. The average Bonchev–Trinajstić information content (AvgIpc) is 2.58. The molecule has 2 aromatic rings. The molecule has 0 heterocycles. The Labute approximate surface area is 170 Å². The van der Waals surface area contributed by atoms with Crippen LogP contribution in [0.1, 0.15) is 0 Å². The number of hydrogen-bond acceptors (Lipinski definition) is 4. The standard InChI is InChI=1S/C16H15BrCl2N2O4S/c1-21(9-16(22)20-11-4-5-12(18)13(19)8-11)26(23,24)15-7-10(17)3-6-14(15)25-2/h3-8H,9H2,1-2H3,(H,20,22). The van der Waals surface area contributed by atoms with Gasteiger partial charge in [0.05, 0.1) is 23.7 Å². The Hall–Kier alpha value is -1.32. The first-order valence-electron chi connectivity index (χ1n) is 7.20. The maximum Gasteiger partial charge on any atom is 0.247 e. The van der Waals surface area contributed by atoms with Gasteiger partial charge in [0.15, 0.2) is 0 Å². The molecular weight excluding hydrogens is 467 g/mol. The number of rotatable bonds is 6. The molecule has 0 saturated carbocycles. The van der Waals surface area contributed by atoms with Gasteiger partial charge in [-0.05, 0) is 36.4 Å². The summed E-state index contributed by atoms with van der Waals surface area (Å²) in [4.78, 5) is 12.1. The van der Waals surface area contributed by atoms with E-state index in [2.05, 4.69) is 21.2 Å². The molecule has 0 radical (unpaired) electrons. The molecule has 0 spiro atoms. The summed E-state index contributed by atoms with van der Waals surface area (Å²) in [7, 11) is -1.25. The number of halogens is 3. The van der Waals surface area contributed by atoms with Crippen molar-refractivity contribution in [2.75, 3.05) is 26.0 Å². The lowest BCUT2D eigenvalue weighted by molar-refractivity contribution is -0.116. The quantitative estimate of drug-likeness (QED) is 0.675. The van der Waals surface area contributed by atoms with Crippen LogP contribution in [-0.2, 0) is 14.8 Å². The zero-order chi connectivity index (χ0) is 19.5. The van der Waals surface area contributed by atoms with Gasteiger partial charge in [-0.25, -0.2) is 8.42 Å². The fourth-order valence-electron chi connectivity index (χ4n) is 2.08. The fourth-order valence-corrected chi connectivity index (χ4v) is 4.20. The number of carbonyl (C=O) groups is 1. The molecule has 0 bridgehead atoms. The lowest BCUT2D eigenvalue weighted by Gasteiger charge is -2.19. The van der Waals surface area contributed by atoms with E-state index in [9.17, 15) is 13.2 Å². The van der Waals surface area contributed by atoms with E-state index < -0.39 is 22.5 Å². The van der Waals surface area contributed by atoms with E-state index in [1.165, 1.54) is 38.4 Å². The van der Waals surface area contributed by atoms with E-state index in [1.54, 1.807) is 12.1 Å². The highest BCUT2D eigenvalue weighted by atomic mass is 79.9. The number of nitrogens with zero attached hydrogens (tertiary/aromatic N) is 1. The number of anilines is 1. The smallest absolute Gasteiger partial charge is 0.247 e. The van der Waals surface area contributed by atoms with Gasteiger partial charge in [0, 0.05) is 17.2 Å². The van der Waals surface area contributed by atoms with Crippen molar-refractivity contribution >= 4 is 60.7 Å². The number of sulfonamides is 1. The monoisotopic (exact) mass is 480 g/mol. The Kier molecular flexibility index (Phi) is 6.92. The van der Waals surface area contributed by atoms with Gasteiger partial charge < -0.3 is 10.1 Å². The molecule has 0 aromatic heterocycles. The van der Waals surface area contributed by atoms with Gasteiger partial charge in [-0.2, -0.15) is 4.31 Å². The molecule has 0 fully saturated rings. The van der Waals surface area contributed by atoms with Crippen LogP contribution in [0.5, 0.6) is 5.75 Å². The summed E-state index contributed by atoms with van der Waals surface area (Å²) in [5.74, 6) is -0.339. The normalized spacial score (nSPS) is 11.5. The molecular formula is C16H15BrCl2N2O4S. The number of hydrogen-bond donors (Lipinski definition) is 1. The summed E-state index contributed by atoms with van der Waals surface area (Å²) in [5, 5.41) is 3.21. The second-order valence-corrected chi connectivity index (χ2v) is 8.98. The maximum absolute atomic E-state index is 12.8. The van der Waals surface area contributed by atoms with Crippen LogP contribution in [0, 0.1) is 0 Å². The van der Waals surface area contributed by atoms with E-state index >= 15 is 0 Å². The van der Waals surface area contributed by atoms with Gasteiger partial charge >= 0.3 is 0 Å². The molecule has 0 aliphatic heterocycles. The lowest BCUT2D eigenvalue weighted by atomic mass is 10.3. The van der Waals surface area contributed by atoms with Crippen molar-refractivity contribution < 1.29 is 17.9 Å². The first-order chi connectivity index (χ1) is 12.1. The van der Waals surface area contributed by atoms with Gasteiger partial charge in [0.25, 0.3) is 0 Å². The molecule has 140 valence electrons. The summed E-state index contributed by atoms with van der Waals surface area (Å²) < 4.78 is 32.1. The van der Waals surface area contributed by atoms with E-state index in [0.29, 0.717) is 15.2 Å². The van der Waals surface area contributed by atoms with Crippen molar-refractivity contribution in [3.05, 3.63) is 50.9 Å². The maximum atomic E-state index is 12.8. The summed E-state index contributed by atoms with van der Waals surface area (Å²) >= 11 is 15.0. The number of carbonyl (C=O) groups excluding carboxylic acids is 1. The van der Waals surface area contributed by atoms with Gasteiger partial charge in [0.2, 0.25) is 15.9 Å². The fraction of sp³-hybridized carbons (Fsp3) is 0.188. The molecule has 0 saturated heterocycles. The number of nitrogens with one attached hydrogen (secondary N) is 1. The Morgan fingerprint density at radius 2 is 1.88 bits per heavy atom. The van der Waals surface area contributed by atoms with E-state index in [-0.39, 0.29) is 15.7 Å². The van der Waals surface area contributed by atoms with Crippen LogP contribution in [-0.4, -0.2) is 39.3 Å². The minimum Gasteiger partial charge on any atom is -0.495 e. The molecule has 1 amide bonds. The molecule has 26 heavy (non-hydrogen) atoms. The summed E-state index contributed by atoms with van der Waals surface area (Å²) in [6.07, 6.45) is 0. The van der Waals surface area contributed by atoms with E-state index in [0.717, 1.165) is 4.31 Å². The van der Waals surface area contributed by atoms with Crippen LogP contribution in [0.15, 0.2) is 45.8 Å². The van der Waals surface area contributed by atoms with Crippen LogP contribution >= 0.6 is 39.1 Å². The highest BCUT2D eigenvalue weighted by Crippen LogP contribution is 2.29. The van der Waals surface area contributed by atoms with Crippen molar-refractivity contribution in [1.82, 2.24) is 4.31 Å². The van der Waals surface area contributed by atoms with Gasteiger partial charge in [-0.3, -0.25) is 4.79 Å². The third-order valence-electron chi connectivity index (χ3n) is 3.38. The number of amides is 1. The molecule has 0 aliphatic rings. The number of likely N-dealkylation sites (N-methyl/N-ethyl adjacent to an activating group) is 1. The van der Waals surface area contributed by atoms with Crippen molar-refractivity contribution in [2.24, 2.45) is 0 Å². The predicted octanol–water partition coefficient (Wildman–Crippen LogP) is 4.02. The van der Waals surface area contributed by atoms with Gasteiger partial charge in [-0.1, -0.05) is 39.1 Å². The molecule has 0 atom stereocenters. The van der Waals surface area contributed by atoms with Crippen molar-refractivity contribution in [1.29, 1.82) is 0 Å². The van der Waals surface area contributed by atoms with Crippen LogP contribution in [0.25, 0.3) is 0 Å². The zero-order valence-electron chi connectivity index (χ0n) is 13.8. The molecule has 2 aromatic carbocycles. The summed E-state index contributed by atoms with van der Waals surface area (Å²) in [6.45, 7) is -0.391. The second-order valence-electron chi connectivity index (χ2n) is 5.23. The summed E-state index contributed by atoms with van der Waals surface area (Å²) in [6, 6.07) is 9.19. The Morgan fingerprint density at radius 1 is 1.19 bits per heavy atom. The highest BCUT2D eigenvalue weighted by Gasteiger charge is 2.26. The molecule has 2 rings (SSSR count). The predicted molar refractivity (Wildman–Crippen MR) is 106 cm³/mol. The average molecular weight is 482 g/mol. The van der Waals surface area contributed by atoms with Crippen LogP contribution in [0.4, 0.5) is 5.69 Å². The minimum atomic E-state index is -3.94. The molecule has 0 unspecified atom stereocenters. The molecule has 1 N–H and O–H groups in total. The van der Waals surface area contributed by atoms with Crippen molar-refractivity contribution in [2.45, 2.75) is 4.90 Å². The summed E-state index contributed by atoms with van der Waals surface area (Å²) in [5.41, 5.74) is 0.412. The Balaban J connectivity index is 2.17. The first-order valence-corrected chi connectivity index (χ1v) is 10.2. The van der Waals surface area contributed by atoms with Gasteiger partial charge in [0.1, 0.15) is 10.6 Å². The lowest BCUT2D eigenvalue weighted by Crippen LogP contribution is -2.35. The Bertz CT molecular complexity index is 938. The van der Waals surface area contributed by atoms with E-state index in [4.69, 9.17) is 27.9 Å². The number of ether oxygens (including phenoxy) is 1.